The molecule has 0 bridgehead atoms. The maximum atomic E-state index is 11.5. The Bertz CT molecular complexity index is 431. The fourth-order valence-electron chi connectivity index (χ4n) is 0.926. The van der Waals surface area contributed by atoms with E-state index in [1.54, 1.807) is 24.3 Å². The van der Waals surface area contributed by atoms with Gasteiger partial charge in [-0.25, -0.2) is 14.5 Å². The first-order valence-electron chi connectivity index (χ1n) is 5.01. The van der Waals surface area contributed by atoms with E-state index in [-0.39, 0.29) is 5.91 Å². The van der Waals surface area contributed by atoms with E-state index in [9.17, 15) is 18.0 Å². The molecule has 1 rings (SSSR count). The summed E-state index contributed by atoms with van der Waals surface area (Å²) >= 11 is 0. The van der Waals surface area contributed by atoms with Gasteiger partial charge >= 0.3 is 18.1 Å². The molecule has 112 valence electrons. The average Bonchev–Trinajstić information content (AvgIpc) is 2.40. The Morgan fingerprint density at radius 1 is 1.10 bits per heavy atom. The molecule has 0 radical (unpaired) electrons. The number of hydrogen-bond donors (Lipinski definition) is 1. The molecule has 0 fully saturated rings. The third kappa shape index (κ3) is 6.16. The Morgan fingerprint density at radius 2 is 1.50 bits per heavy atom. The number of alkyl halides is 3. The van der Waals surface area contributed by atoms with Gasteiger partial charge in [0.05, 0.1) is 14.2 Å². The summed E-state index contributed by atoms with van der Waals surface area (Å²) in [7, 11) is 2.73. The van der Waals surface area contributed by atoms with Crippen LogP contribution < -0.4 is 0 Å². The lowest BCUT2D eigenvalue weighted by molar-refractivity contribution is -0.299. The number of nitrogens with zero attached hydrogens (tertiary/aromatic N) is 1. The minimum atomic E-state index is -5.08. The molecule has 0 aromatic heterocycles. The average molecular weight is 295 g/mol. The summed E-state index contributed by atoms with van der Waals surface area (Å²) in [5.74, 6) is -3.09. The largest absolute Gasteiger partial charge is 0.490 e. The van der Waals surface area contributed by atoms with E-state index in [0.717, 1.165) is 5.23 Å². The van der Waals surface area contributed by atoms with Gasteiger partial charge in [0.25, 0.3) is 0 Å². The number of carboxylic acid groups (broad SMARTS) is 1. The Labute approximate surface area is 112 Å². The van der Waals surface area contributed by atoms with Crippen molar-refractivity contribution in [2.24, 2.45) is 0 Å². The maximum absolute atomic E-state index is 11.5. The molecular formula is C11H12F3NO5. The van der Waals surface area contributed by atoms with Crippen LogP contribution in [-0.4, -0.2) is 42.6 Å². The fraction of sp³-hybridized carbons (Fsp3) is 0.273. The van der Waals surface area contributed by atoms with Crippen molar-refractivity contribution < 1.29 is 37.5 Å². The number of rotatable bonds is 3. The van der Waals surface area contributed by atoms with Gasteiger partial charge in [-0.1, -0.05) is 23.4 Å². The first-order chi connectivity index (χ1) is 9.23. The van der Waals surface area contributed by atoms with Crippen molar-refractivity contribution in [2.75, 3.05) is 14.2 Å². The highest BCUT2D eigenvalue weighted by Crippen LogP contribution is 2.13. The predicted molar refractivity (Wildman–Crippen MR) is 60.3 cm³/mol. The molecule has 1 aromatic carbocycles. The second-order valence-corrected chi connectivity index (χ2v) is 3.10. The first kappa shape index (κ1) is 17.9. The number of carbonyl (C=O) groups is 2. The van der Waals surface area contributed by atoms with Crippen molar-refractivity contribution in [2.45, 2.75) is 6.18 Å². The van der Waals surface area contributed by atoms with Crippen molar-refractivity contribution in [3.63, 3.8) is 0 Å². The third-order valence-electron chi connectivity index (χ3n) is 1.76. The topological polar surface area (TPSA) is 76.1 Å². The van der Waals surface area contributed by atoms with Gasteiger partial charge in [-0.15, -0.1) is 0 Å². The lowest BCUT2D eigenvalue weighted by Crippen LogP contribution is -2.28. The number of hydroxylamine groups is 2. The molecule has 0 spiro atoms. The summed E-state index contributed by atoms with van der Waals surface area (Å²) in [6, 6.07) is 8.76. The Balaban J connectivity index is 0.000000441. The van der Waals surface area contributed by atoms with Crippen molar-refractivity contribution in [1.82, 2.24) is 5.23 Å². The lowest BCUT2D eigenvalue weighted by Gasteiger charge is -2.15. The zero-order valence-corrected chi connectivity index (χ0v) is 10.5. The molecule has 0 saturated heterocycles. The van der Waals surface area contributed by atoms with E-state index in [1.807, 2.05) is 6.07 Å². The molecule has 9 heteroatoms. The quantitative estimate of drug-likeness (QED) is 0.862. The van der Waals surface area contributed by atoms with Crippen LogP contribution >= 0.6 is 0 Å². The zero-order valence-electron chi connectivity index (χ0n) is 10.5. The van der Waals surface area contributed by atoms with Gasteiger partial charge in [0.1, 0.15) is 0 Å². The molecule has 1 aromatic rings. The number of carboxylic acids is 1. The number of aliphatic carboxylic acids is 1. The second-order valence-electron chi connectivity index (χ2n) is 3.10. The van der Waals surface area contributed by atoms with Crippen LogP contribution in [0.3, 0.4) is 0 Å². The molecule has 0 unspecified atom stereocenters. The minimum Gasteiger partial charge on any atom is -0.475 e. The maximum Gasteiger partial charge on any atom is 0.490 e. The van der Waals surface area contributed by atoms with E-state index in [1.165, 1.54) is 14.2 Å². The summed E-state index contributed by atoms with van der Waals surface area (Å²) in [5.41, 5.74) is 0.520. The molecule has 6 nitrogen and oxygen atoms in total. The lowest BCUT2D eigenvalue weighted by atomic mass is 10.2. The van der Waals surface area contributed by atoms with E-state index in [0.29, 0.717) is 5.56 Å². The van der Waals surface area contributed by atoms with Crippen molar-refractivity contribution in [3.05, 3.63) is 35.9 Å². The smallest absolute Gasteiger partial charge is 0.475 e. The van der Waals surface area contributed by atoms with Crippen LogP contribution in [-0.2, 0) is 14.5 Å². The molecular weight excluding hydrogens is 283 g/mol. The van der Waals surface area contributed by atoms with Crippen LogP contribution in [0, 0.1) is 0 Å². The van der Waals surface area contributed by atoms with Gasteiger partial charge in [0, 0.05) is 5.56 Å². The number of hydrogen-bond acceptors (Lipinski definition) is 4. The predicted octanol–water partition coefficient (Wildman–Crippen LogP) is 1.88. The number of amides is 1. The molecule has 0 aliphatic heterocycles. The third-order valence-corrected chi connectivity index (χ3v) is 1.76. The highest BCUT2D eigenvalue weighted by molar-refractivity contribution is 5.92. The van der Waals surface area contributed by atoms with Crippen LogP contribution in [0.1, 0.15) is 10.4 Å². The highest BCUT2D eigenvalue weighted by atomic mass is 19.4. The van der Waals surface area contributed by atoms with Crippen LogP contribution in [0.2, 0.25) is 0 Å². The molecule has 0 aliphatic carbocycles. The normalized spacial score (nSPS) is 10.2. The van der Waals surface area contributed by atoms with Gasteiger partial charge in [-0.2, -0.15) is 13.2 Å². The molecule has 1 amide bonds. The fourth-order valence-corrected chi connectivity index (χ4v) is 0.926. The Hall–Kier alpha value is -2.13. The van der Waals surface area contributed by atoms with E-state index in [4.69, 9.17) is 9.90 Å². The summed E-state index contributed by atoms with van der Waals surface area (Å²) < 4.78 is 31.7. The zero-order chi connectivity index (χ0) is 15.8. The van der Waals surface area contributed by atoms with Crippen LogP contribution in [0.25, 0.3) is 0 Å². The SMILES string of the molecule is CON(OC)C(=O)c1ccccc1.O=C(O)C(F)(F)F. The Morgan fingerprint density at radius 3 is 1.80 bits per heavy atom. The van der Waals surface area contributed by atoms with Gasteiger partial charge in [0.15, 0.2) is 0 Å². The number of carbonyl (C=O) groups excluding carboxylic acids is 1. The van der Waals surface area contributed by atoms with E-state index >= 15 is 0 Å². The van der Waals surface area contributed by atoms with Crippen LogP contribution in [0.5, 0.6) is 0 Å². The van der Waals surface area contributed by atoms with Gasteiger partial charge in [-0.3, -0.25) is 4.79 Å². The van der Waals surface area contributed by atoms with Crippen molar-refractivity contribution in [1.29, 1.82) is 0 Å². The van der Waals surface area contributed by atoms with Gasteiger partial charge in [-0.05, 0) is 12.1 Å². The van der Waals surface area contributed by atoms with E-state index in [2.05, 4.69) is 9.68 Å². The summed E-state index contributed by atoms with van der Waals surface area (Å²) in [6.07, 6.45) is -5.08. The molecule has 0 saturated carbocycles. The molecule has 0 aliphatic rings. The summed E-state index contributed by atoms with van der Waals surface area (Å²) in [5, 5.41) is 7.94. The molecule has 0 heterocycles. The van der Waals surface area contributed by atoms with Crippen molar-refractivity contribution >= 4 is 11.9 Å². The van der Waals surface area contributed by atoms with Crippen LogP contribution in [0.4, 0.5) is 13.2 Å². The first-order valence-corrected chi connectivity index (χ1v) is 5.01. The number of halogens is 3. The summed E-state index contributed by atoms with van der Waals surface area (Å²) in [6.45, 7) is 0. The summed E-state index contributed by atoms with van der Waals surface area (Å²) in [4.78, 5) is 29.7. The van der Waals surface area contributed by atoms with Gasteiger partial charge < -0.3 is 5.11 Å². The standard InChI is InChI=1S/C9H11NO3.C2HF3O2/c1-12-10(13-2)9(11)8-6-4-3-5-7-8;3-2(4,5)1(6)7/h3-7H,1-2H3;(H,6,7). The van der Waals surface area contributed by atoms with Crippen LogP contribution in [0.15, 0.2) is 30.3 Å². The van der Waals surface area contributed by atoms with Gasteiger partial charge in [0.2, 0.25) is 0 Å². The minimum absolute atomic E-state index is 0.328. The highest BCUT2D eigenvalue weighted by Gasteiger charge is 2.38. The van der Waals surface area contributed by atoms with E-state index < -0.39 is 12.1 Å². The molecule has 0 atom stereocenters. The van der Waals surface area contributed by atoms with Crippen molar-refractivity contribution in [3.8, 4) is 0 Å². The number of benzene rings is 1. The monoisotopic (exact) mass is 295 g/mol. The second kappa shape index (κ2) is 8.12. The molecule has 20 heavy (non-hydrogen) atoms. The molecule has 1 N–H and O–H groups in total. The Kier molecular flexibility index (Phi) is 7.26.